The summed E-state index contributed by atoms with van der Waals surface area (Å²) in [4.78, 5) is 8.56. The smallest absolute Gasteiger partial charge is 0.162 e. The van der Waals surface area contributed by atoms with Gasteiger partial charge < -0.3 is 0 Å². The van der Waals surface area contributed by atoms with E-state index in [1.165, 1.54) is 0 Å². The van der Waals surface area contributed by atoms with Gasteiger partial charge in [-0.05, 0) is 30.7 Å². The van der Waals surface area contributed by atoms with E-state index in [1.54, 1.807) is 24.3 Å². The van der Waals surface area contributed by atoms with Crippen LogP contribution < -0.4 is 0 Å². The molecule has 88 valence electrons. The van der Waals surface area contributed by atoms with Gasteiger partial charge in [0.2, 0.25) is 0 Å². The maximum atomic E-state index is 6.10. The summed E-state index contributed by atoms with van der Waals surface area (Å²) >= 11 is 17.9. The fraction of sp³-hybridized carbons (Fsp3) is 0.167. The fourth-order valence-corrected chi connectivity index (χ4v) is 2.14. The topological polar surface area (TPSA) is 25.8 Å². The number of aromatic nitrogens is 2. The van der Waals surface area contributed by atoms with Crippen LogP contribution in [0.5, 0.6) is 0 Å². The Bertz CT molecular complexity index is 555. The SMILES string of the molecule is CCc1cc(Cl)nc(-c2ccc(Cl)cc2Cl)n1. The van der Waals surface area contributed by atoms with Crippen molar-refractivity contribution < 1.29 is 0 Å². The summed E-state index contributed by atoms with van der Waals surface area (Å²) in [5.74, 6) is 0.524. The molecule has 0 bridgehead atoms. The van der Waals surface area contributed by atoms with Gasteiger partial charge in [-0.15, -0.1) is 0 Å². The summed E-state index contributed by atoms with van der Waals surface area (Å²) in [5, 5.41) is 1.51. The van der Waals surface area contributed by atoms with Crippen molar-refractivity contribution in [1.82, 2.24) is 9.97 Å². The van der Waals surface area contributed by atoms with Crippen LogP contribution in [-0.4, -0.2) is 9.97 Å². The molecular formula is C12H9Cl3N2. The first kappa shape index (κ1) is 12.6. The van der Waals surface area contributed by atoms with Gasteiger partial charge in [0, 0.05) is 16.3 Å². The molecule has 1 heterocycles. The monoisotopic (exact) mass is 286 g/mol. The molecule has 2 rings (SSSR count). The zero-order valence-corrected chi connectivity index (χ0v) is 11.3. The minimum Gasteiger partial charge on any atom is -0.233 e. The lowest BCUT2D eigenvalue weighted by Gasteiger charge is -2.05. The van der Waals surface area contributed by atoms with Crippen LogP contribution in [0.4, 0.5) is 0 Å². The van der Waals surface area contributed by atoms with Crippen molar-refractivity contribution in [2.75, 3.05) is 0 Å². The van der Waals surface area contributed by atoms with Crippen LogP contribution in [0.3, 0.4) is 0 Å². The van der Waals surface area contributed by atoms with Crippen LogP contribution in [-0.2, 0) is 6.42 Å². The van der Waals surface area contributed by atoms with Crippen molar-refractivity contribution in [3.05, 3.63) is 45.2 Å². The first-order valence-corrected chi connectivity index (χ1v) is 6.22. The molecule has 0 saturated carbocycles. The molecule has 17 heavy (non-hydrogen) atoms. The lowest BCUT2D eigenvalue weighted by molar-refractivity contribution is 1.01. The van der Waals surface area contributed by atoms with Gasteiger partial charge in [-0.25, -0.2) is 9.97 Å². The Balaban J connectivity index is 2.55. The molecule has 0 saturated heterocycles. The highest BCUT2D eigenvalue weighted by Gasteiger charge is 2.09. The quantitative estimate of drug-likeness (QED) is 0.750. The molecule has 0 fully saturated rings. The molecular weight excluding hydrogens is 279 g/mol. The van der Waals surface area contributed by atoms with Crippen LogP contribution in [0.2, 0.25) is 15.2 Å². The molecule has 5 heteroatoms. The minimum atomic E-state index is 0.415. The minimum absolute atomic E-state index is 0.415. The third kappa shape index (κ3) is 2.89. The molecule has 2 aromatic rings. The number of benzene rings is 1. The van der Waals surface area contributed by atoms with E-state index in [0.29, 0.717) is 21.0 Å². The highest BCUT2D eigenvalue weighted by Crippen LogP contribution is 2.28. The van der Waals surface area contributed by atoms with Crippen LogP contribution in [0.1, 0.15) is 12.6 Å². The van der Waals surface area contributed by atoms with Crippen LogP contribution in [0, 0.1) is 0 Å². The molecule has 0 spiro atoms. The Labute approximate surface area is 115 Å². The first-order valence-electron chi connectivity index (χ1n) is 5.09. The van der Waals surface area contributed by atoms with Gasteiger partial charge in [-0.2, -0.15) is 0 Å². The van der Waals surface area contributed by atoms with Crippen molar-refractivity contribution in [3.8, 4) is 11.4 Å². The third-order valence-electron chi connectivity index (χ3n) is 2.28. The number of hydrogen-bond acceptors (Lipinski definition) is 2. The molecule has 0 amide bonds. The predicted molar refractivity (Wildman–Crippen MR) is 71.9 cm³/mol. The van der Waals surface area contributed by atoms with Crippen LogP contribution in [0.25, 0.3) is 11.4 Å². The molecule has 1 aromatic heterocycles. The van der Waals surface area contributed by atoms with Crippen molar-refractivity contribution in [1.29, 1.82) is 0 Å². The Morgan fingerprint density at radius 1 is 1.06 bits per heavy atom. The molecule has 0 radical (unpaired) electrons. The van der Waals surface area contributed by atoms with Crippen LogP contribution in [0.15, 0.2) is 24.3 Å². The molecule has 0 unspecified atom stereocenters. The van der Waals surface area contributed by atoms with Gasteiger partial charge in [-0.3, -0.25) is 0 Å². The number of aryl methyl sites for hydroxylation is 1. The van der Waals surface area contributed by atoms with Gasteiger partial charge in [0.05, 0.1) is 5.02 Å². The molecule has 0 atom stereocenters. The zero-order chi connectivity index (χ0) is 12.4. The van der Waals surface area contributed by atoms with Crippen LogP contribution >= 0.6 is 34.8 Å². The number of nitrogens with zero attached hydrogens (tertiary/aromatic N) is 2. The van der Waals surface area contributed by atoms with Gasteiger partial charge in [0.1, 0.15) is 5.15 Å². The highest BCUT2D eigenvalue weighted by molar-refractivity contribution is 6.36. The van der Waals surface area contributed by atoms with E-state index in [4.69, 9.17) is 34.8 Å². The first-order chi connectivity index (χ1) is 8.10. The standard InChI is InChI=1S/C12H9Cl3N2/c1-2-8-6-11(15)17-12(16-8)9-4-3-7(13)5-10(9)14/h3-6H,2H2,1H3. The van der Waals surface area contributed by atoms with Gasteiger partial charge in [0.25, 0.3) is 0 Å². The number of rotatable bonds is 2. The molecule has 0 aliphatic heterocycles. The Hall–Kier alpha value is -0.830. The van der Waals surface area contributed by atoms with Crippen molar-refractivity contribution >= 4 is 34.8 Å². The number of hydrogen-bond donors (Lipinski definition) is 0. The van der Waals surface area contributed by atoms with E-state index in [2.05, 4.69) is 9.97 Å². The van der Waals surface area contributed by atoms with E-state index in [-0.39, 0.29) is 0 Å². The van der Waals surface area contributed by atoms with Gasteiger partial charge in [0.15, 0.2) is 5.82 Å². The second-order valence-electron chi connectivity index (χ2n) is 3.48. The Kier molecular flexibility index (Phi) is 3.87. The maximum absolute atomic E-state index is 6.10. The largest absolute Gasteiger partial charge is 0.233 e. The maximum Gasteiger partial charge on any atom is 0.162 e. The number of halogens is 3. The Morgan fingerprint density at radius 3 is 2.47 bits per heavy atom. The van der Waals surface area contributed by atoms with Crippen molar-refractivity contribution in [2.45, 2.75) is 13.3 Å². The molecule has 0 N–H and O–H groups in total. The van der Waals surface area contributed by atoms with E-state index in [1.807, 2.05) is 6.92 Å². The van der Waals surface area contributed by atoms with E-state index in [9.17, 15) is 0 Å². The second kappa shape index (κ2) is 5.21. The average molecular weight is 288 g/mol. The van der Waals surface area contributed by atoms with E-state index in [0.717, 1.165) is 17.7 Å². The van der Waals surface area contributed by atoms with Gasteiger partial charge in [-0.1, -0.05) is 41.7 Å². The second-order valence-corrected chi connectivity index (χ2v) is 4.71. The molecule has 0 aliphatic rings. The summed E-state index contributed by atoms with van der Waals surface area (Å²) in [6, 6.07) is 6.94. The average Bonchev–Trinajstić information content (AvgIpc) is 2.28. The summed E-state index contributed by atoms with van der Waals surface area (Å²) < 4.78 is 0. The van der Waals surface area contributed by atoms with Crippen molar-refractivity contribution in [2.24, 2.45) is 0 Å². The molecule has 1 aromatic carbocycles. The highest BCUT2D eigenvalue weighted by atomic mass is 35.5. The third-order valence-corrected chi connectivity index (χ3v) is 3.02. The summed E-state index contributed by atoms with van der Waals surface area (Å²) in [6.07, 6.45) is 0.792. The molecule has 2 nitrogen and oxygen atoms in total. The van der Waals surface area contributed by atoms with E-state index >= 15 is 0 Å². The van der Waals surface area contributed by atoms with Gasteiger partial charge >= 0.3 is 0 Å². The lowest BCUT2D eigenvalue weighted by Crippen LogP contribution is -1.95. The normalized spacial score (nSPS) is 10.6. The summed E-state index contributed by atoms with van der Waals surface area (Å²) in [6.45, 7) is 2.01. The summed E-state index contributed by atoms with van der Waals surface area (Å²) in [5.41, 5.74) is 1.61. The summed E-state index contributed by atoms with van der Waals surface area (Å²) in [7, 11) is 0. The zero-order valence-electron chi connectivity index (χ0n) is 9.04. The van der Waals surface area contributed by atoms with Crippen molar-refractivity contribution in [3.63, 3.8) is 0 Å². The van der Waals surface area contributed by atoms with E-state index < -0.39 is 0 Å². The molecule has 0 aliphatic carbocycles. The lowest BCUT2D eigenvalue weighted by atomic mass is 10.2. The predicted octanol–water partition coefficient (Wildman–Crippen LogP) is 4.67. The fourth-order valence-electron chi connectivity index (χ4n) is 1.44. The Morgan fingerprint density at radius 2 is 1.82 bits per heavy atom.